The van der Waals surface area contributed by atoms with Gasteiger partial charge in [-0.2, -0.15) is 0 Å². The van der Waals surface area contributed by atoms with Gasteiger partial charge in [0.2, 0.25) is 6.79 Å². The van der Waals surface area contributed by atoms with Crippen LogP contribution in [0.2, 0.25) is 0 Å². The molecule has 0 amide bonds. The van der Waals surface area contributed by atoms with Crippen molar-refractivity contribution in [2.45, 2.75) is 19.5 Å². The minimum atomic E-state index is 0.238. The molecule has 0 aliphatic carbocycles. The quantitative estimate of drug-likeness (QED) is 0.872. The zero-order chi connectivity index (χ0) is 14.2. The number of ether oxygens (including phenoxy) is 2. The molecule has 0 saturated heterocycles. The van der Waals surface area contributed by atoms with Gasteiger partial charge in [-0.25, -0.2) is 0 Å². The van der Waals surface area contributed by atoms with Crippen LogP contribution in [-0.4, -0.2) is 18.4 Å². The van der Waals surface area contributed by atoms with E-state index < -0.39 is 0 Å². The Morgan fingerprint density at radius 3 is 2.67 bits per heavy atom. The first-order valence-corrected chi connectivity index (χ1v) is 7.31. The number of quaternary nitrogens is 1. The fourth-order valence-corrected chi connectivity index (χ4v) is 3.18. The Hall–Kier alpha value is -2.20. The van der Waals surface area contributed by atoms with Crippen LogP contribution < -0.4 is 14.4 Å². The number of benzene rings is 2. The molecule has 0 radical (unpaired) electrons. The third-order valence-electron chi connectivity index (χ3n) is 4.32. The topological polar surface area (TPSA) is 43.1 Å². The number of phenolic OH excluding ortho intramolecular Hbond substituents is 1. The molecular weight excluding hydrogens is 266 g/mol. The van der Waals surface area contributed by atoms with Crippen LogP contribution in [0.4, 0.5) is 0 Å². The Bertz CT molecular complexity index is 684. The SMILES string of the molecule is Oc1cc2c(cc1C[NH+]1CCc3ccccc3C1)OCO2. The van der Waals surface area contributed by atoms with E-state index in [-0.39, 0.29) is 6.79 Å². The van der Waals surface area contributed by atoms with Crippen LogP contribution in [0, 0.1) is 0 Å². The normalized spacial score (nSPS) is 19.3. The molecule has 1 unspecified atom stereocenters. The average molecular weight is 284 g/mol. The van der Waals surface area contributed by atoms with Crippen molar-refractivity contribution >= 4 is 0 Å². The van der Waals surface area contributed by atoms with Crippen molar-refractivity contribution in [2.24, 2.45) is 0 Å². The molecular formula is C17H18NO3+. The molecule has 2 heterocycles. The third-order valence-corrected chi connectivity index (χ3v) is 4.32. The first kappa shape index (κ1) is 12.5. The summed E-state index contributed by atoms with van der Waals surface area (Å²) >= 11 is 0. The lowest BCUT2D eigenvalue weighted by Gasteiger charge is -2.26. The Morgan fingerprint density at radius 2 is 1.81 bits per heavy atom. The van der Waals surface area contributed by atoms with E-state index in [1.54, 1.807) is 6.07 Å². The molecule has 2 aromatic rings. The van der Waals surface area contributed by atoms with Gasteiger partial charge in [-0.1, -0.05) is 24.3 Å². The Morgan fingerprint density at radius 1 is 1.05 bits per heavy atom. The van der Waals surface area contributed by atoms with Crippen LogP contribution in [-0.2, 0) is 19.5 Å². The maximum Gasteiger partial charge on any atom is 0.231 e. The van der Waals surface area contributed by atoms with Gasteiger partial charge in [-0.05, 0) is 11.6 Å². The highest BCUT2D eigenvalue weighted by Crippen LogP contribution is 2.37. The van der Waals surface area contributed by atoms with Gasteiger partial charge in [0.15, 0.2) is 11.5 Å². The molecule has 108 valence electrons. The van der Waals surface area contributed by atoms with E-state index in [2.05, 4.69) is 24.3 Å². The fraction of sp³-hybridized carbons (Fsp3) is 0.294. The molecule has 4 nitrogen and oxygen atoms in total. The number of nitrogens with one attached hydrogen (secondary N) is 1. The fourth-order valence-electron chi connectivity index (χ4n) is 3.18. The molecule has 0 saturated carbocycles. The van der Waals surface area contributed by atoms with Crippen molar-refractivity contribution in [3.05, 3.63) is 53.1 Å². The lowest BCUT2D eigenvalue weighted by atomic mass is 9.99. The van der Waals surface area contributed by atoms with E-state index in [0.29, 0.717) is 11.5 Å². The first-order chi connectivity index (χ1) is 10.3. The maximum atomic E-state index is 10.2. The first-order valence-electron chi connectivity index (χ1n) is 7.31. The molecule has 2 aliphatic rings. The Kier molecular flexibility index (Phi) is 2.97. The summed E-state index contributed by atoms with van der Waals surface area (Å²) in [6, 6.07) is 12.2. The largest absolute Gasteiger partial charge is 0.507 e. The summed E-state index contributed by atoms with van der Waals surface area (Å²) in [6.07, 6.45) is 1.09. The molecule has 2 aromatic carbocycles. The van der Waals surface area contributed by atoms with Crippen molar-refractivity contribution in [1.29, 1.82) is 0 Å². The van der Waals surface area contributed by atoms with Crippen LogP contribution >= 0.6 is 0 Å². The summed E-state index contributed by atoms with van der Waals surface area (Å²) in [6.45, 7) is 3.13. The van der Waals surface area contributed by atoms with Gasteiger partial charge in [0.1, 0.15) is 18.8 Å². The molecule has 0 bridgehead atoms. The molecule has 0 spiro atoms. The van der Waals surface area contributed by atoms with Gasteiger partial charge in [0, 0.05) is 18.1 Å². The Labute approximate surface area is 123 Å². The molecule has 0 fully saturated rings. The van der Waals surface area contributed by atoms with Crippen LogP contribution in [0.3, 0.4) is 0 Å². The van der Waals surface area contributed by atoms with E-state index in [0.717, 1.165) is 37.4 Å². The molecule has 4 heteroatoms. The number of fused-ring (bicyclic) bond motifs is 2. The van der Waals surface area contributed by atoms with Crippen molar-refractivity contribution in [1.82, 2.24) is 0 Å². The van der Waals surface area contributed by atoms with Crippen molar-refractivity contribution in [3.63, 3.8) is 0 Å². The van der Waals surface area contributed by atoms with Gasteiger partial charge in [-0.3, -0.25) is 0 Å². The zero-order valence-electron chi connectivity index (χ0n) is 11.8. The average Bonchev–Trinajstić information content (AvgIpc) is 2.94. The predicted molar refractivity (Wildman–Crippen MR) is 77.6 cm³/mol. The highest BCUT2D eigenvalue weighted by Gasteiger charge is 2.23. The number of hydrogen-bond donors (Lipinski definition) is 2. The summed E-state index contributed by atoms with van der Waals surface area (Å²) in [7, 11) is 0. The number of hydrogen-bond acceptors (Lipinski definition) is 3. The minimum Gasteiger partial charge on any atom is -0.507 e. The second-order valence-corrected chi connectivity index (χ2v) is 5.71. The number of rotatable bonds is 2. The summed E-state index contributed by atoms with van der Waals surface area (Å²) in [5.74, 6) is 1.67. The highest BCUT2D eigenvalue weighted by atomic mass is 16.7. The lowest BCUT2D eigenvalue weighted by molar-refractivity contribution is -0.929. The maximum absolute atomic E-state index is 10.2. The van der Waals surface area contributed by atoms with Gasteiger partial charge < -0.3 is 19.5 Å². The van der Waals surface area contributed by atoms with E-state index in [1.807, 2.05) is 6.07 Å². The molecule has 2 N–H and O–H groups in total. The van der Waals surface area contributed by atoms with Gasteiger partial charge in [-0.15, -0.1) is 0 Å². The van der Waals surface area contributed by atoms with Crippen LogP contribution in [0.1, 0.15) is 16.7 Å². The summed E-state index contributed by atoms with van der Waals surface area (Å²) < 4.78 is 10.7. The van der Waals surface area contributed by atoms with E-state index in [9.17, 15) is 5.11 Å². The monoisotopic (exact) mass is 284 g/mol. The van der Waals surface area contributed by atoms with Crippen molar-refractivity contribution < 1.29 is 19.5 Å². The second kappa shape index (κ2) is 4.97. The number of phenols is 1. The summed E-state index contributed by atoms with van der Waals surface area (Å²) in [5, 5.41) is 10.2. The van der Waals surface area contributed by atoms with Crippen molar-refractivity contribution in [3.8, 4) is 17.2 Å². The van der Waals surface area contributed by atoms with E-state index in [4.69, 9.17) is 9.47 Å². The van der Waals surface area contributed by atoms with E-state index in [1.165, 1.54) is 16.0 Å². The number of aromatic hydroxyl groups is 1. The third kappa shape index (κ3) is 2.32. The van der Waals surface area contributed by atoms with Crippen LogP contribution in [0.5, 0.6) is 17.2 Å². The lowest BCUT2D eigenvalue weighted by Crippen LogP contribution is -3.10. The van der Waals surface area contributed by atoms with Crippen LogP contribution in [0.15, 0.2) is 36.4 Å². The zero-order valence-corrected chi connectivity index (χ0v) is 11.8. The molecule has 21 heavy (non-hydrogen) atoms. The summed E-state index contributed by atoms with van der Waals surface area (Å²) in [4.78, 5) is 1.46. The smallest absolute Gasteiger partial charge is 0.231 e. The van der Waals surface area contributed by atoms with Gasteiger partial charge >= 0.3 is 0 Å². The molecule has 2 aliphatic heterocycles. The second-order valence-electron chi connectivity index (χ2n) is 5.71. The minimum absolute atomic E-state index is 0.238. The van der Waals surface area contributed by atoms with E-state index >= 15 is 0 Å². The van der Waals surface area contributed by atoms with Gasteiger partial charge in [0.05, 0.1) is 12.1 Å². The standard InChI is InChI=1S/C17H17NO3/c19-15-8-17-16(20-11-21-17)7-14(15)10-18-6-5-12-3-1-2-4-13(12)9-18/h1-4,7-8,19H,5-6,9-11H2/p+1. The van der Waals surface area contributed by atoms with Crippen molar-refractivity contribution in [2.75, 3.05) is 13.3 Å². The molecule has 4 rings (SSSR count). The Balaban J connectivity index is 1.55. The molecule has 0 aromatic heterocycles. The van der Waals surface area contributed by atoms with Crippen LogP contribution in [0.25, 0.3) is 0 Å². The predicted octanol–water partition coefficient (Wildman–Crippen LogP) is 1.26. The molecule has 1 atom stereocenters. The van der Waals surface area contributed by atoms with Gasteiger partial charge in [0.25, 0.3) is 0 Å². The summed E-state index contributed by atoms with van der Waals surface area (Å²) in [5.41, 5.74) is 3.80. The highest BCUT2D eigenvalue weighted by molar-refractivity contribution is 5.51.